The van der Waals surface area contributed by atoms with Gasteiger partial charge in [-0.15, -0.1) is 11.8 Å². The first-order valence-electron chi connectivity index (χ1n) is 6.44. The minimum Gasteiger partial charge on any atom is -0.389 e. The minimum atomic E-state index is 0.515. The van der Waals surface area contributed by atoms with Crippen molar-refractivity contribution in [2.75, 3.05) is 23.7 Å². The van der Waals surface area contributed by atoms with E-state index in [4.69, 9.17) is 18.0 Å². The lowest BCUT2D eigenvalue weighted by Crippen LogP contribution is -2.24. The van der Waals surface area contributed by atoms with E-state index >= 15 is 0 Å². The molecule has 1 aromatic rings. The Kier molecular flexibility index (Phi) is 4.51. The first-order chi connectivity index (χ1) is 8.63. The van der Waals surface area contributed by atoms with Gasteiger partial charge in [-0.2, -0.15) is 0 Å². The van der Waals surface area contributed by atoms with E-state index in [-0.39, 0.29) is 0 Å². The van der Waals surface area contributed by atoms with Crippen LogP contribution >= 0.6 is 24.0 Å². The minimum absolute atomic E-state index is 0.515. The number of thioether (sulfide) groups is 1. The number of hydrogen-bond donors (Lipinski definition) is 1. The highest BCUT2D eigenvalue weighted by atomic mass is 32.2. The van der Waals surface area contributed by atoms with Gasteiger partial charge in [0, 0.05) is 29.2 Å². The van der Waals surface area contributed by atoms with Crippen molar-refractivity contribution in [2.24, 2.45) is 11.7 Å². The number of nitrogens with zero attached hydrogens (tertiary/aromatic N) is 1. The molecule has 1 aliphatic heterocycles. The molecule has 0 bridgehead atoms. The van der Waals surface area contributed by atoms with Crippen molar-refractivity contribution >= 4 is 34.7 Å². The first kappa shape index (κ1) is 13.7. The van der Waals surface area contributed by atoms with Crippen LogP contribution in [0.5, 0.6) is 0 Å². The molecule has 0 aliphatic carbocycles. The van der Waals surface area contributed by atoms with E-state index in [2.05, 4.69) is 36.9 Å². The Bertz CT molecular complexity index is 445. The predicted molar refractivity (Wildman–Crippen MR) is 84.7 cm³/mol. The van der Waals surface area contributed by atoms with Crippen molar-refractivity contribution in [3.63, 3.8) is 0 Å². The number of benzene rings is 1. The smallest absolute Gasteiger partial charge is 0.107 e. The van der Waals surface area contributed by atoms with Crippen LogP contribution in [0, 0.1) is 5.92 Å². The van der Waals surface area contributed by atoms with Crippen molar-refractivity contribution in [2.45, 2.75) is 25.2 Å². The Labute approximate surface area is 119 Å². The fraction of sp³-hybridized carbons (Fsp3) is 0.500. The quantitative estimate of drug-likeness (QED) is 0.677. The van der Waals surface area contributed by atoms with Crippen LogP contribution in [0.4, 0.5) is 5.69 Å². The summed E-state index contributed by atoms with van der Waals surface area (Å²) < 4.78 is 0. The van der Waals surface area contributed by atoms with Gasteiger partial charge in [0.1, 0.15) is 4.99 Å². The molecule has 1 atom stereocenters. The number of rotatable bonds is 4. The second kappa shape index (κ2) is 5.93. The molecule has 1 saturated heterocycles. The van der Waals surface area contributed by atoms with Crippen LogP contribution in [0.15, 0.2) is 23.1 Å². The summed E-state index contributed by atoms with van der Waals surface area (Å²) in [6.45, 7) is 6.66. The van der Waals surface area contributed by atoms with Crippen LogP contribution in [0.1, 0.15) is 25.8 Å². The zero-order chi connectivity index (χ0) is 13.1. The summed E-state index contributed by atoms with van der Waals surface area (Å²) >= 11 is 7.06. The van der Waals surface area contributed by atoms with E-state index < -0.39 is 0 Å². The van der Waals surface area contributed by atoms with E-state index in [1.807, 2.05) is 11.8 Å². The fourth-order valence-electron chi connectivity index (χ4n) is 2.46. The number of hydrogen-bond acceptors (Lipinski definition) is 3. The maximum atomic E-state index is 5.94. The van der Waals surface area contributed by atoms with Crippen LogP contribution in [0.3, 0.4) is 0 Å². The second-order valence-corrected chi connectivity index (χ2v) is 6.53. The standard InChI is InChI=1S/C14H20N2S2/c1-3-18-12-6-4-5-11(13(12)14(15)17)16-8-7-10(2)9-16/h4-6,10H,3,7-9H2,1-2H3,(H2,15,17). The average Bonchev–Trinajstić information content (AvgIpc) is 2.75. The molecule has 0 saturated carbocycles. The van der Waals surface area contributed by atoms with Crippen LogP contribution in [-0.2, 0) is 0 Å². The van der Waals surface area contributed by atoms with E-state index in [1.165, 1.54) is 17.0 Å². The third-order valence-electron chi connectivity index (χ3n) is 3.32. The summed E-state index contributed by atoms with van der Waals surface area (Å²) in [6.07, 6.45) is 1.25. The maximum absolute atomic E-state index is 5.94. The zero-order valence-corrected chi connectivity index (χ0v) is 12.6. The Morgan fingerprint density at radius 3 is 2.89 bits per heavy atom. The van der Waals surface area contributed by atoms with E-state index in [0.717, 1.165) is 30.3 Å². The molecule has 1 unspecified atom stereocenters. The normalized spacial score (nSPS) is 19.2. The molecule has 1 heterocycles. The van der Waals surface area contributed by atoms with Gasteiger partial charge >= 0.3 is 0 Å². The molecule has 0 amide bonds. The third kappa shape index (κ3) is 2.81. The van der Waals surface area contributed by atoms with Crippen molar-refractivity contribution in [1.29, 1.82) is 0 Å². The summed E-state index contributed by atoms with van der Waals surface area (Å²) in [7, 11) is 0. The van der Waals surface area contributed by atoms with Gasteiger partial charge in [-0.1, -0.05) is 32.1 Å². The molecule has 18 heavy (non-hydrogen) atoms. The molecular formula is C14H20N2S2. The summed E-state index contributed by atoms with van der Waals surface area (Å²) in [6, 6.07) is 6.37. The van der Waals surface area contributed by atoms with E-state index in [9.17, 15) is 0 Å². The van der Waals surface area contributed by atoms with Crippen LogP contribution < -0.4 is 10.6 Å². The highest BCUT2D eigenvalue weighted by Crippen LogP contribution is 2.33. The SMILES string of the molecule is CCSc1cccc(N2CCC(C)C2)c1C(N)=S. The zero-order valence-electron chi connectivity index (χ0n) is 11.0. The van der Waals surface area contributed by atoms with E-state index in [0.29, 0.717) is 4.99 Å². The molecule has 98 valence electrons. The Morgan fingerprint density at radius 1 is 1.56 bits per heavy atom. The lowest BCUT2D eigenvalue weighted by atomic mass is 10.1. The molecule has 1 aliphatic rings. The fourth-order valence-corrected chi connectivity index (χ4v) is 3.58. The number of anilines is 1. The molecule has 0 radical (unpaired) electrons. The third-order valence-corrected chi connectivity index (χ3v) is 4.46. The van der Waals surface area contributed by atoms with Gasteiger partial charge in [-0.25, -0.2) is 0 Å². The van der Waals surface area contributed by atoms with Crippen molar-refractivity contribution < 1.29 is 0 Å². The van der Waals surface area contributed by atoms with Crippen molar-refractivity contribution in [1.82, 2.24) is 0 Å². The van der Waals surface area contributed by atoms with Gasteiger partial charge in [0.2, 0.25) is 0 Å². The van der Waals surface area contributed by atoms with Gasteiger partial charge in [0.05, 0.1) is 0 Å². The Hall–Kier alpha value is -0.740. The Balaban J connectivity index is 2.39. The monoisotopic (exact) mass is 280 g/mol. The lowest BCUT2D eigenvalue weighted by molar-refractivity contribution is 0.659. The lowest BCUT2D eigenvalue weighted by Gasteiger charge is -2.23. The molecule has 0 aromatic heterocycles. The van der Waals surface area contributed by atoms with Gasteiger partial charge in [-0.05, 0) is 30.2 Å². The second-order valence-electron chi connectivity index (χ2n) is 4.79. The highest BCUT2D eigenvalue weighted by molar-refractivity contribution is 7.99. The maximum Gasteiger partial charge on any atom is 0.107 e. The van der Waals surface area contributed by atoms with Gasteiger partial charge < -0.3 is 10.6 Å². The van der Waals surface area contributed by atoms with Crippen LogP contribution in [0.2, 0.25) is 0 Å². The van der Waals surface area contributed by atoms with Gasteiger partial charge in [0.15, 0.2) is 0 Å². The van der Waals surface area contributed by atoms with Gasteiger partial charge in [-0.3, -0.25) is 0 Å². The molecule has 2 N–H and O–H groups in total. The first-order valence-corrected chi connectivity index (χ1v) is 7.83. The molecule has 4 heteroatoms. The average molecular weight is 280 g/mol. The Morgan fingerprint density at radius 2 is 2.33 bits per heavy atom. The van der Waals surface area contributed by atoms with Crippen molar-refractivity contribution in [3.05, 3.63) is 23.8 Å². The number of nitrogens with two attached hydrogens (primary N) is 1. The largest absolute Gasteiger partial charge is 0.389 e. The summed E-state index contributed by atoms with van der Waals surface area (Å²) in [4.78, 5) is 4.14. The summed E-state index contributed by atoms with van der Waals surface area (Å²) in [5, 5.41) is 0. The van der Waals surface area contributed by atoms with Crippen LogP contribution in [0.25, 0.3) is 0 Å². The molecule has 0 spiro atoms. The molecule has 2 rings (SSSR count). The summed E-state index contributed by atoms with van der Waals surface area (Å²) in [5.74, 6) is 1.79. The van der Waals surface area contributed by atoms with Crippen LogP contribution in [-0.4, -0.2) is 23.8 Å². The predicted octanol–water partition coefficient (Wildman–Crippen LogP) is 3.28. The topological polar surface area (TPSA) is 29.3 Å². The molecular weight excluding hydrogens is 260 g/mol. The molecule has 2 nitrogen and oxygen atoms in total. The van der Waals surface area contributed by atoms with Gasteiger partial charge in [0.25, 0.3) is 0 Å². The summed E-state index contributed by atoms with van der Waals surface area (Å²) in [5.41, 5.74) is 8.22. The number of thiocarbonyl (C=S) groups is 1. The van der Waals surface area contributed by atoms with E-state index in [1.54, 1.807) is 0 Å². The molecule has 1 fully saturated rings. The van der Waals surface area contributed by atoms with Crippen molar-refractivity contribution in [3.8, 4) is 0 Å². The highest BCUT2D eigenvalue weighted by Gasteiger charge is 2.23. The molecule has 1 aromatic carbocycles.